The Bertz CT molecular complexity index is 279. The van der Waals surface area contributed by atoms with Crippen LogP contribution < -0.4 is 11.5 Å². The summed E-state index contributed by atoms with van der Waals surface area (Å²) in [5.41, 5.74) is 16.0. The second-order valence-electron chi connectivity index (χ2n) is 3.57. The van der Waals surface area contributed by atoms with Gasteiger partial charge in [-0.05, 0) is 37.5 Å². The van der Waals surface area contributed by atoms with Gasteiger partial charge in [0.2, 0.25) is 0 Å². The van der Waals surface area contributed by atoms with Gasteiger partial charge in [0.15, 0.2) is 0 Å². The first kappa shape index (κ1) is 10.3. The SMILES string of the molecule is COC1C(C)=C(C)C(C)=C(N)C1N. The molecule has 0 aromatic rings. The van der Waals surface area contributed by atoms with Crippen LogP contribution >= 0.6 is 0 Å². The first-order valence-electron chi connectivity index (χ1n) is 4.43. The van der Waals surface area contributed by atoms with Crippen LogP contribution in [0.15, 0.2) is 22.4 Å². The molecule has 0 heterocycles. The highest BCUT2D eigenvalue weighted by atomic mass is 16.5. The monoisotopic (exact) mass is 182 g/mol. The topological polar surface area (TPSA) is 61.3 Å². The molecule has 0 amide bonds. The van der Waals surface area contributed by atoms with Crippen molar-refractivity contribution >= 4 is 0 Å². The fourth-order valence-corrected chi connectivity index (χ4v) is 1.73. The van der Waals surface area contributed by atoms with E-state index in [1.807, 2.05) is 13.8 Å². The Labute approximate surface area is 79.4 Å². The molecule has 0 bridgehead atoms. The molecule has 0 aromatic heterocycles. The van der Waals surface area contributed by atoms with Gasteiger partial charge in [-0.1, -0.05) is 0 Å². The largest absolute Gasteiger partial charge is 0.400 e. The molecular weight excluding hydrogens is 164 g/mol. The number of ether oxygens (including phenoxy) is 1. The number of hydrogen-bond donors (Lipinski definition) is 2. The Morgan fingerprint density at radius 3 is 2.15 bits per heavy atom. The van der Waals surface area contributed by atoms with Gasteiger partial charge in [0.05, 0.1) is 12.1 Å². The van der Waals surface area contributed by atoms with E-state index >= 15 is 0 Å². The van der Waals surface area contributed by atoms with Gasteiger partial charge in [0.25, 0.3) is 0 Å². The van der Waals surface area contributed by atoms with Crippen LogP contribution in [0.4, 0.5) is 0 Å². The van der Waals surface area contributed by atoms with Gasteiger partial charge in [-0.25, -0.2) is 0 Å². The van der Waals surface area contributed by atoms with Crippen LogP contribution in [0.2, 0.25) is 0 Å². The van der Waals surface area contributed by atoms with Crippen LogP contribution in [-0.2, 0) is 4.74 Å². The third-order valence-electron chi connectivity index (χ3n) is 2.95. The summed E-state index contributed by atoms with van der Waals surface area (Å²) in [5.74, 6) is 0. The van der Waals surface area contributed by atoms with Crippen molar-refractivity contribution in [2.24, 2.45) is 11.5 Å². The molecule has 2 unspecified atom stereocenters. The lowest BCUT2D eigenvalue weighted by atomic mass is 9.86. The minimum atomic E-state index is -0.200. The molecule has 3 heteroatoms. The summed E-state index contributed by atoms with van der Waals surface area (Å²) < 4.78 is 5.31. The summed E-state index contributed by atoms with van der Waals surface area (Å²) in [6, 6.07) is -0.200. The van der Waals surface area contributed by atoms with E-state index in [-0.39, 0.29) is 12.1 Å². The van der Waals surface area contributed by atoms with Crippen molar-refractivity contribution in [3.05, 3.63) is 22.4 Å². The highest BCUT2D eigenvalue weighted by molar-refractivity contribution is 5.43. The van der Waals surface area contributed by atoms with E-state index in [1.54, 1.807) is 7.11 Å². The van der Waals surface area contributed by atoms with Gasteiger partial charge < -0.3 is 16.2 Å². The average molecular weight is 182 g/mol. The maximum atomic E-state index is 5.93. The molecule has 0 fully saturated rings. The number of methoxy groups -OCH3 is 1. The predicted molar refractivity (Wildman–Crippen MR) is 54.0 cm³/mol. The van der Waals surface area contributed by atoms with Crippen molar-refractivity contribution in [2.45, 2.75) is 32.9 Å². The van der Waals surface area contributed by atoms with Gasteiger partial charge in [0, 0.05) is 12.8 Å². The number of nitrogens with two attached hydrogens (primary N) is 2. The van der Waals surface area contributed by atoms with Crippen LogP contribution in [0.25, 0.3) is 0 Å². The lowest BCUT2D eigenvalue weighted by Gasteiger charge is -2.31. The molecule has 1 aliphatic carbocycles. The minimum absolute atomic E-state index is 0.0660. The number of rotatable bonds is 1. The van der Waals surface area contributed by atoms with E-state index in [9.17, 15) is 0 Å². The van der Waals surface area contributed by atoms with Crippen molar-refractivity contribution < 1.29 is 4.74 Å². The van der Waals surface area contributed by atoms with Crippen LogP contribution in [0.1, 0.15) is 20.8 Å². The van der Waals surface area contributed by atoms with Crippen molar-refractivity contribution in [3.63, 3.8) is 0 Å². The van der Waals surface area contributed by atoms with Crippen molar-refractivity contribution in [1.29, 1.82) is 0 Å². The second kappa shape index (κ2) is 3.52. The predicted octanol–water partition coefficient (Wildman–Crippen LogP) is 0.911. The Morgan fingerprint density at radius 2 is 1.69 bits per heavy atom. The molecule has 1 aliphatic rings. The fraction of sp³-hybridized carbons (Fsp3) is 0.600. The Hall–Kier alpha value is -0.800. The molecule has 74 valence electrons. The first-order chi connectivity index (χ1) is 6.00. The molecule has 13 heavy (non-hydrogen) atoms. The quantitative estimate of drug-likeness (QED) is 0.633. The third-order valence-corrected chi connectivity index (χ3v) is 2.95. The molecule has 0 aromatic carbocycles. The molecule has 0 spiro atoms. The zero-order valence-corrected chi connectivity index (χ0v) is 8.72. The van der Waals surface area contributed by atoms with Crippen LogP contribution in [-0.4, -0.2) is 19.3 Å². The van der Waals surface area contributed by atoms with Crippen molar-refractivity contribution in [3.8, 4) is 0 Å². The minimum Gasteiger partial charge on any atom is -0.400 e. The van der Waals surface area contributed by atoms with Gasteiger partial charge in [-0.2, -0.15) is 0 Å². The Morgan fingerprint density at radius 1 is 1.15 bits per heavy atom. The van der Waals surface area contributed by atoms with Crippen LogP contribution in [0, 0.1) is 0 Å². The first-order valence-corrected chi connectivity index (χ1v) is 4.43. The average Bonchev–Trinajstić information content (AvgIpc) is 2.13. The van der Waals surface area contributed by atoms with E-state index in [0.717, 1.165) is 11.3 Å². The summed E-state index contributed by atoms with van der Waals surface area (Å²) in [6.45, 7) is 6.09. The molecule has 0 radical (unpaired) electrons. The standard InChI is InChI=1S/C10H18N2O/c1-5-6(2)8(11)9(12)10(13-4)7(5)3/h9-10H,11-12H2,1-4H3. The highest BCUT2D eigenvalue weighted by Gasteiger charge is 2.28. The van der Waals surface area contributed by atoms with E-state index in [2.05, 4.69) is 6.92 Å². The molecule has 0 saturated carbocycles. The summed E-state index contributed by atoms with van der Waals surface area (Å²) in [5, 5.41) is 0. The normalized spacial score (nSPS) is 29.9. The molecular formula is C10H18N2O. The molecule has 2 atom stereocenters. The highest BCUT2D eigenvalue weighted by Crippen LogP contribution is 2.28. The van der Waals surface area contributed by atoms with Gasteiger partial charge >= 0.3 is 0 Å². The molecule has 4 N–H and O–H groups in total. The maximum absolute atomic E-state index is 5.93. The van der Waals surface area contributed by atoms with Gasteiger partial charge in [0.1, 0.15) is 0 Å². The summed E-state index contributed by atoms with van der Waals surface area (Å²) in [7, 11) is 1.66. The molecule has 0 saturated heterocycles. The van der Waals surface area contributed by atoms with E-state index in [0.29, 0.717) is 0 Å². The van der Waals surface area contributed by atoms with Crippen LogP contribution in [0.3, 0.4) is 0 Å². The third kappa shape index (κ3) is 1.49. The molecule has 0 aliphatic heterocycles. The van der Waals surface area contributed by atoms with E-state index < -0.39 is 0 Å². The van der Waals surface area contributed by atoms with Crippen molar-refractivity contribution in [1.82, 2.24) is 0 Å². The second-order valence-corrected chi connectivity index (χ2v) is 3.57. The Kier molecular flexibility index (Phi) is 2.78. The number of hydrogen-bond acceptors (Lipinski definition) is 3. The van der Waals surface area contributed by atoms with E-state index in [4.69, 9.17) is 16.2 Å². The van der Waals surface area contributed by atoms with Crippen molar-refractivity contribution in [2.75, 3.05) is 7.11 Å². The maximum Gasteiger partial charge on any atom is 0.0991 e. The summed E-state index contributed by atoms with van der Waals surface area (Å²) >= 11 is 0. The lowest BCUT2D eigenvalue weighted by Crippen LogP contribution is -2.44. The zero-order chi connectivity index (χ0) is 10.2. The van der Waals surface area contributed by atoms with E-state index in [1.165, 1.54) is 11.1 Å². The van der Waals surface area contributed by atoms with Gasteiger partial charge in [-0.15, -0.1) is 0 Å². The van der Waals surface area contributed by atoms with Gasteiger partial charge in [-0.3, -0.25) is 0 Å². The fourth-order valence-electron chi connectivity index (χ4n) is 1.73. The molecule has 1 rings (SSSR count). The Balaban J connectivity index is 3.15. The lowest BCUT2D eigenvalue weighted by molar-refractivity contribution is 0.115. The van der Waals surface area contributed by atoms with Crippen LogP contribution in [0.5, 0.6) is 0 Å². The zero-order valence-electron chi connectivity index (χ0n) is 8.72. The summed E-state index contributed by atoms with van der Waals surface area (Å²) in [6.07, 6.45) is -0.0660. The number of allylic oxidation sites excluding steroid dienone is 2. The smallest absolute Gasteiger partial charge is 0.0991 e. The molecule has 3 nitrogen and oxygen atoms in total. The summed E-state index contributed by atoms with van der Waals surface area (Å²) in [4.78, 5) is 0.